The van der Waals surface area contributed by atoms with Crippen molar-refractivity contribution in [3.8, 4) is 0 Å². The van der Waals surface area contributed by atoms with Gasteiger partial charge < -0.3 is 4.42 Å². The van der Waals surface area contributed by atoms with Crippen molar-refractivity contribution in [1.29, 1.82) is 0 Å². The quantitative estimate of drug-likeness (QED) is 0.684. The highest BCUT2D eigenvalue weighted by Gasteiger charge is 2.06. The second kappa shape index (κ2) is 3.28. The Morgan fingerprint density at radius 2 is 2.27 bits per heavy atom. The highest BCUT2D eigenvalue weighted by molar-refractivity contribution is 8.13. The van der Waals surface area contributed by atoms with E-state index in [0.29, 0.717) is 12.2 Å². The van der Waals surface area contributed by atoms with Crippen molar-refractivity contribution in [3.05, 3.63) is 24.2 Å². The van der Waals surface area contributed by atoms with Crippen molar-refractivity contribution in [2.24, 2.45) is 0 Å². The molecule has 3 nitrogen and oxygen atoms in total. The minimum atomic E-state index is -3.39. The van der Waals surface area contributed by atoms with Gasteiger partial charge in [0.2, 0.25) is 9.05 Å². The third-order valence-corrected chi connectivity index (χ3v) is 2.33. The van der Waals surface area contributed by atoms with Gasteiger partial charge in [0.25, 0.3) is 0 Å². The summed E-state index contributed by atoms with van der Waals surface area (Å²) in [5.74, 6) is 0.552. The summed E-state index contributed by atoms with van der Waals surface area (Å²) in [5.41, 5.74) is 0. The Morgan fingerprint density at radius 1 is 1.55 bits per heavy atom. The number of halogens is 1. The maximum Gasteiger partial charge on any atom is 0.233 e. The van der Waals surface area contributed by atoms with E-state index in [1.54, 1.807) is 12.1 Å². The number of aryl methyl sites for hydroxylation is 1. The van der Waals surface area contributed by atoms with E-state index in [1.165, 1.54) is 6.26 Å². The van der Waals surface area contributed by atoms with Crippen LogP contribution in [0.2, 0.25) is 0 Å². The Labute approximate surface area is 69.4 Å². The topological polar surface area (TPSA) is 47.3 Å². The van der Waals surface area contributed by atoms with Crippen LogP contribution in [0.5, 0.6) is 0 Å². The molecule has 1 aromatic heterocycles. The van der Waals surface area contributed by atoms with Crippen LogP contribution in [0.15, 0.2) is 22.8 Å². The molecule has 0 aliphatic carbocycles. The maximum atomic E-state index is 10.5. The van der Waals surface area contributed by atoms with E-state index >= 15 is 0 Å². The van der Waals surface area contributed by atoms with E-state index < -0.39 is 9.05 Å². The van der Waals surface area contributed by atoms with Crippen molar-refractivity contribution >= 4 is 19.7 Å². The van der Waals surface area contributed by atoms with Gasteiger partial charge in [-0.1, -0.05) is 0 Å². The van der Waals surface area contributed by atoms with Crippen molar-refractivity contribution in [2.45, 2.75) is 6.42 Å². The van der Waals surface area contributed by atoms with Crippen LogP contribution >= 0.6 is 10.7 Å². The Kier molecular flexibility index (Phi) is 2.57. The first-order chi connectivity index (χ1) is 5.08. The summed E-state index contributed by atoms with van der Waals surface area (Å²) in [5, 5.41) is 0. The third-order valence-electron chi connectivity index (χ3n) is 1.17. The van der Waals surface area contributed by atoms with Gasteiger partial charge >= 0.3 is 0 Å². The highest BCUT2D eigenvalue weighted by atomic mass is 35.7. The number of hydrogen-bond acceptors (Lipinski definition) is 3. The summed E-state index contributed by atoms with van der Waals surface area (Å²) >= 11 is 0. The molecule has 0 aliphatic heterocycles. The molecule has 0 saturated heterocycles. The van der Waals surface area contributed by atoms with Gasteiger partial charge in [-0.2, -0.15) is 0 Å². The fourth-order valence-corrected chi connectivity index (χ4v) is 1.35. The first kappa shape index (κ1) is 8.62. The van der Waals surface area contributed by atoms with E-state index in [-0.39, 0.29) is 5.75 Å². The first-order valence-corrected chi connectivity index (χ1v) is 5.50. The van der Waals surface area contributed by atoms with E-state index in [9.17, 15) is 8.42 Å². The van der Waals surface area contributed by atoms with Crippen LogP contribution in [0.25, 0.3) is 0 Å². The molecule has 11 heavy (non-hydrogen) atoms. The van der Waals surface area contributed by atoms with Gasteiger partial charge in [0.15, 0.2) is 0 Å². The first-order valence-electron chi connectivity index (χ1n) is 3.03. The fourth-order valence-electron chi connectivity index (χ4n) is 0.677. The van der Waals surface area contributed by atoms with Crippen molar-refractivity contribution < 1.29 is 12.8 Å². The molecule has 0 aromatic carbocycles. The molecule has 0 saturated carbocycles. The Hall–Kier alpha value is -0.480. The van der Waals surface area contributed by atoms with Gasteiger partial charge in [0, 0.05) is 17.1 Å². The second-order valence-corrected chi connectivity index (χ2v) is 4.97. The van der Waals surface area contributed by atoms with Crippen LogP contribution in [-0.4, -0.2) is 14.2 Å². The highest BCUT2D eigenvalue weighted by Crippen LogP contribution is 2.05. The average molecular weight is 195 g/mol. The molecule has 0 radical (unpaired) electrons. The second-order valence-electron chi connectivity index (χ2n) is 2.07. The van der Waals surface area contributed by atoms with Crippen LogP contribution in [-0.2, 0) is 15.5 Å². The zero-order valence-corrected chi connectivity index (χ0v) is 7.23. The summed E-state index contributed by atoms with van der Waals surface area (Å²) in [6.07, 6.45) is 1.83. The lowest BCUT2D eigenvalue weighted by molar-refractivity contribution is 0.514. The number of furan rings is 1. The molecule has 0 amide bonds. The SMILES string of the molecule is O=S(=O)(Cl)CCc1ccco1. The predicted octanol–water partition coefficient (Wildman–Crippen LogP) is 1.39. The van der Waals surface area contributed by atoms with Crippen LogP contribution < -0.4 is 0 Å². The molecule has 0 N–H and O–H groups in total. The molecule has 0 fully saturated rings. The molecule has 1 rings (SSSR count). The molecule has 1 aromatic rings. The molecule has 62 valence electrons. The number of rotatable bonds is 3. The van der Waals surface area contributed by atoms with Gasteiger partial charge in [-0.3, -0.25) is 0 Å². The molecular weight excluding hydrogens is 188 g/mol. The lowest BCUT2D eigenvalue weighted by Crippen LogP contribution is -1.99. The molecular formula is C6H7ClO3S. The van der Waals surface area contributed by atoms with E-state index in [0.717, 1.165) is 0 Å². The Bertz CT molecular complexity index is 301. The zero-order chi connectivity index (χ0) is 8.32. The minimum Gasteiger partial charge on any atom is -0.469 e. The molecule has 0 atom stereocenters. The largest absolute Gasteiger partial charge is 0.469 e. The molecule has 5 heteroatoms. The summed E-state index contributed by atoms with van der Waals surface area (Å²) in [6, 6.07) is 3.41. The fraction of sp³-hybridized carbons (Fsp3) is 0.333. The zero-order valence-electron chi connectivity index (χ0n) is 5.66. The van der Waals surface area contributed by atoms with Gasteiger partial charge in [-0.15, -0.1) is 0 Å². The van der Waals surface area contributed by atoms with E-state index in [1.807, 2.05) is 0 Å². The smallest absolute Gasteiger partial charge is 0.233 e. The van der Waals surface area contributed by atoms with Crippen LogP contribution in [0.1, 0.15) is 5.76 Å². The normalized spacial score (nSPS) is 11.7. The van der Waals surface area contributed by atoms with Crippen molar-refractivity contribution in [1.82, 2.24) is 0 Å². The summed E-state index contributed by atoms with van der Waals surface area (Å²) in [4.78, 5) is 0. The van der Waals surface area contributed by atoms with Gasteiger partial charge in [-0.25, -0.2) is 8.42 Å². The van der Waals surface area contributed by atoms with Gasteiger partial charge in [-0.05, 0) is 12.1 Å². The summed E-state index contributed by atoms with van der Waals surface area (Å²) in [6.45, 7) is 0. The molecule has 0 spiro atoms. The summed E-state index contributed by atoms with van der Waals surface area (Å²) in [7, 11) is 1.59. The monoisotopic (exact) mass is 194 g/mol. The van der Waals surface area contributed by atoms with E-state index in [2.05, 4.69) is 0 Å². The van der Waals surface area contributed by atoms with Crippen LogP contribution in [0.4, 0.5) is 0 Å². The standard InChI is InChI=1S/C6H7ClO3S/c7-11(8,9)5-3-6-2-1-4-10-6/h1-2,4H,3,5H2. The van der Waals surface area contributed by atoms with Gasteiger partial charge in [0.1, 0.15) is 5.76 Å². The Balaban J connectivity index is 2.48. The molecule has 1 heterocycles. The van der Waals surface area contributed by atoms with Crippen LogP contribution in [0.3, 0.4) is 0 Å². The molecule has 0 unspecified atom stereocenters. The Morgan fingerprint density at radius 3 is 2.73 bits per heavy atom. The third kappa shape index (κ3) is 3.43. The predicted molar refractivity (Wildman–Crippen MR) is 42.1 cm³/mol. The lowest BCUT2D eigenvalue weighted by atomic mass is 10.4. The van der Waals surface area contributed by atoms with Gasteiger partial charge in [0.05, 0.1) is 12.0 Å². The lowest BCUT2D eigenvalue weighted by Gasteiger charge is -1.91. The molecule has 0 aliphatic rings. The maximum absolute atomic E-state index is 10.5. The minimum absolute atomic E-state index is 0.0813. The molecule has 0 bridgehead atoms. The van der Waals surface area contributed by atoms with Crippen molar-refractivity contribution in [3.63, 3.8) is 0 Å². The summed E-state index contributed by atoms with van der Waals surface area (Å²) < 4.78 is 25.8. The van der Waals surface area contributed by atoms with E-state index in [4.69, 9.17) is 15.1 Å². The average Bonchev–Trinajstić information content (AvgIpc) is 2.32. The van der Waals surface area contributed by atoms with Crippen LogP contribution in [0, 0.1) is 0 Å². The number of hydrogen-bond donors (Lipinski definition) is 0. The van der Waals surface area contributed by atoms with Crippen molar-refractivity contribution in [2.75, 3.05) is 5.75 Å².